The second-order valence-corrected chi connectivity index (χ2v) is 24.7. The fourth-order valence-corrected chi connectivity index (χ4v) is 13.8. The van der Waals surface area contributed by atoms with Crippen molar-refractivity contribution in [2.45, 2.75) is 208 Å². The molecule has 12 nitrogen and oxygen atoms in total. The molecule has 7 aromatic carbocycles. The van der Waals surface area contributed by atoms with Crippen molar-refractivity contribution < 1.29 is 0 Å². The lowest BCUT2D eigenvalue weighted by Gasteiger charge is -2.15. The van der Waals surface area contributed by atoms with Gasteiger partial charge in [0.15, 0.2) is 0 Å². The lowest BCUT2D eigenvalue weighted by molar-refractivity contribution is 0.547. The molecular formula is C74H82N4O8. The van der Waals surface area contributed by atoms with Gasteiger partial charge in [0, 0.05) is 26.2 Å². The van der Waals surface area contributed by atoms with Gasteiger partial charge in [-0.15, -0.1) is 0 Å². The first-order valence-corrected chi connectivity index (χ1v) is 32.6. The summed E-state index contributed by atoms with van der Waals surface area (Å²) in [6.45, 7) is 10.0. The molecule has 0 spiro atoms. The molecule has 0 radical (unpaired) electrons. The fraction of sp³-hybridized carbons (Fsp3) is 0.432. The summed E-state index contributed by atoms with van der Waals surface area (Å²) in [6, 6.07) is 26.3. The molecule has 0 N–H and O–H groups in total. The van der Waals surface area contributed by atoms with Crippen LogP contribution in [0.15, 0.2) is 123 Å². The van der Waals surface area contributed by atoms with Gasteiger partial charge in [0.05, 0.1) is 43.1 Å². The molecule has 11 aromatic rings. The largest absolute Gasteiger partial charge is 0.274 e. The SMILES string of the molecule is CCCCCCCCn1c(=O)c2cc3cc4cc5c(=O)n(CCCCCCCC)c(=O)c5cc4c(-c4ccc(-c5c6cc7c(=O)n(CCCCCCCC)c(=O)c7cc6cc6cc7c(=O)n(CCCCCCCC)c(=O)c7cc56)cc4)c3cc2c1=O. The molecular weight excluding hydrogens is 1070 g/mol. The van der Waals surface area contributed by atoms with Crippen molar-refractivity contribution in [2.75, 3.05) is 0 Å². The van der Waals surface area contributed by atoms with E-state index in [-0.39, 0.29) is 44.5 Å². The first-order valence-electron chi connectivity index (χ1n) is 32.6. The molecule has 0 fully saturated rings. The number of rotatable bonds is 30. The van der Waals surface area contributed by atoms with Gasteiger partial charge in [-0.1, -0.05) is 180 Å². The van der Waals surface area contributed by atoms with E-state index in [1.807, 2.05) is 60.7 Å². The molecule has 4 aromatic heterocycles. The Kier molecular flexibility index (Phi) is 18.4. The van der Waals surface area contributed by atoms with E-state index < -0.39 is 0 Å². The number of hydrogen-bond acceptors (Lipinski definition) is 8. The maximum Gasteiger partial charge on any atom is 0.261 e. The van der Waals surface area contributed by atoms with E-state index in [0.29, 0.717) is 112 Å². The van der Waals surface area contributed by atoms with Crippen molar-refractivity contribution in [3.8, 4) is 22.3 Å². The van der Waals surface area contributed by atoms with Crippen LogP contribution in [0.5, 0.6) is 0 Å². The molecule has 4 heterocycles. The molecule has 0 amide bonds. The van der Waals surface area contributed by atoms with Gasteiger partial charge in [0.2, 0.25) is 0 Å². The molecule has 0 aliphatic heterocycles. The first-order chi connectivity index (χ1) is 41.9. The third-order valence-corrected chi connectivity index (χ3v) is 18.7. The molecule has 0 unspecified atom stereocenters. The molecule has 11 rings (SSSR count). The van der Waals surface area contributed by atoms with E-state index in [1.165, 1.54) is 18.3 Å². The summed E-state index contributed by atoms with van der Waals surface area (Å²) < 4.78 is 5.48. The van der Waals surface area contributed by atoms with Crippen LogP contribution in [0.25, 0.3) is 108 Å². The Bertz CT molecular complexity index is 4210. The number of aromatic nitrogens is 4. The van der Waals surface area contributed by atoms with Gasteiger partial charge in [-0.2, -0.15) is 0 Å². The summed E-state index contributed by atoms with van der Waals surface area (Å²) in [4.78, 5) is 114. The van der Waals surface area contributed by atoms with Gasteiger partial charge >= 0.3 is 0 Å². The quantitative estimate of drug-likeness (QED) is 0.0318. The highest BCUT2D eigenvalue weighted by Gasteiger charge is 2.24. The molecule has 86 heavy (non-hydrogen) atoms. The van der Waals surface area contributed by atoms with Crippen LogP contribution in [0.1, 0.15) is 182 Å². The van der Waals surface area contributed by atoms with Crippen LogP contribution in [0.4, 0.5) is 0 Å². The Balaban J connectivity index is 1.08. The second kappa shape index (κ2) is 26.4. The van der Waals surface area contributed by atoms with E-state index in [4.69, 9.17) is 0 Å². The number of fused-ring (bicyclic) bond motifs is 8. The Morgan fingerprint density at radius 1 is 0.221 bits per heavy atom. The Morgan fingerprint density at radius 2 is 0.407 bits per heavy atom. The van der Waals surface area contributed by atoms with Gasteiger partial charge in [-0.25, -0.2) is 0 Å². The zero-order chi connectivity index (χ0) is 60.2. The molecule has 12 heteroatoms. The van der Waals surface area contributed by atoms with Crippen LogP contribution in [0, 0.1) is 0 Å². The third-order valence-electron chi connectivity index (χ3n) is 18.7. The molecule has 0 saturated carbocycles. The summed E-state index contributed by atoms with van der Waals surface area (Å²) in [5, 5.41) is 8.27. The summed E-state index contributed by atoms with van der Waals surface area (Å²) in [6.07, 6.45) is 24.3. The van der Waals surface area contributed by atoms with Crippen molar-refractivity contribution in [3.05, 3.63) is 168 Å². The zero-order valence-corrected chi connectivity index (χ0v) is 50.9. The van der Waals surface area contributed by atoms with Crippen molar-refractivity contribution in [3.63, 3.8) is 0 Å². The molecule has 0 saturated heterocycles. The zero-order valence-electron chi connectivity index (χ0n) is 50.9. The Labute approximate surface area is 500 Å². The molecule has 0 atom stereocenters. The molecule has 0 aliphatic rings. The summed E-state index contributed by atoms with van der Waals surface area (Å²) in [5.74, 6) is 0. The maximum atomic E-state index is 14.3. The smallest absolute Gasteiger partial charge is 0.261 e. The van der Waals surface area contributed by atoms with E-state index in [9.17, 15) is 38.4 Å². The average Bonchev–Trinajstić information content (AvgIpc) is 1.37. The van der Waals surface area contributed by atoms with Crippen LogP contribution in [0.2, 0.25) is 0 Å². The first kappa shape index (κ1) is 59.9. The van der Waals surface area contributed by atoms with Crippen LogP contribution < -0.4 is 44.5 Å². The van der Waals surface area contributed by atoms with Crippen molar-refractivity contribution >= 4 is 86.2 Å². The summed E-state index contributed by atoms with van der Waals surface area (Å²) >= 11 is 0. The van der Waals surface area contributed by atoms with E-state index in [1.54, 1.807) is 24.3 Å². The summed E-state index contributed by atoms with van der Waals surface area (Å²) in [7, 11) is 0. The van der Waals surface area contributed by atoms with Crippen LogP contribution in [0.3, 0.4) is 0 Å². The molecule has 0 bridgehead atoms. The van der Waals surface area contributed by atoms with Gasteiger partial charge in [-0.05, 0) is 152 Å². The minimum Gasteiger partial charge on any atom is -0.274 e. The highest BCUT2D eigenvalue weighted by Crippen LogP contribution is 2.43. The minimum absolute atomic E-state index is 0.321. The highest BCUT2D eigenvalue weighted by molar-refractivity contribution is 6.20. The van der Waals surface area contributed by atoms with Crippen LogP contribution >= 0.6 is 0 Å². The standard InChI is InChI=1S/C74H82N4O8/c1-5-9-13-17-21-25-33-75-67(79)57-39-49-37-50-40-58-62(72(84)76(68(58)80)34-26-22-18-14-10-6-2)44-54(50)65(53(49)43-61(57)71(75)83)47-29-31-48(32-30-47)66-55-45-63-59(69(81)77(73(63)85)35-27-23-19-15-11-7-3)41-51(55)38-52-42-60-64(46-56(52)66)74(86)78(70(60)82)36-28-24-20-16-12-8-4/h29-32,37-46H,5-28,33-36H2,1-4H3. The lowest BCUT2D eigenvalue weighted by atomic mass is 9.87. The van der Waals surface area contributed by atoms with Gasteiger partial charge in [0.25, 0.3) is 44.5 Å². The van der Waals surface area contributed by atoms with Crippen molar-refractivity contribution in [2.24, 2.45) is 0 Å². The van der Waals surface area contributed by atoms with Crippen molar-refractivity contribution in [1.29, 1.82) is 0 Å². The predicted molar refractivity (Wildman–Crippen MR) is 358 cm³/mol. The Morgan fingerprint density at radius 3 is 0.616 bits per heavy atom. The van der Waals surface area contributed by atoms with Crippen LogP contribution in [-0.2, 0) is 26.2 Å². The normalized spacial score (nSPS) is 12.2. The van der Waals surface area contributed by atoms with Gasteiger partial charge in [0.1, 0.15) is 0 Å². The predicted octanol–water partition coefficient (Wildman–Crippen LogP) is 15.5. The summed E-state index contributed by atoms with van der Waals surface area (Å²) in [5.41, 5.74) is 0.316. The van der Waals surface area contributed by atoms with Gasteiger partial charge in [-0.3, -0.25) is 56.6 Å². The van der Waals surface area contributed by atoms with Gasteiger partial charge < -0.3 is 0 Å². The number of benzene rings is 7. The van der Waals surface area contributed by atoms with E-state index >= 15 is 0 Å². The van der Waals surface area contributed by atoms with Crippen LogP contribution in [-0.4, -0.2) is 18.3 Å². The second-order valence-electron chi connectivity index (χ2n) is 24.7. The Hall–Kier alpha value is -7.86. The fourth-order valence-electron chi connectivity index (χ4n) is 13.8. The average molecular weight is 1160 g/mol. The topological polar surface area (TPSA) is 156 Å². The number of unbranched alkanes of at least 4 members (excludes halogenated alkanes) is 20. The van der Waals surface area contributed by atoms with E-state index in [0.717, 1.165) is 176 Å². The van der Waals surface area contributed by atoms with E-state index in [2.05, 4.69) is 27.7 Å². The highest BCUT2D eigenvalue weighted by atomic mass is 16.2. The molecule has 446 valence electrons. The van der Waals surface area contributed by atoms with Crippen molar-refractivity contribution in [1.82, 2.24) is 18.3 Å². The lowest BCUT2D eigenvalue weighted by Crippen LogP contribution is -2.25. The third kappa shape index (κ3) is 11.4. The monoisotopic (exact) mass is 1150 g/mol. The number of hydrogen-bond donors (Lipinski definition) is 0. The minimum atomic E-state index is -0.334. The maximum absolute atomic E-state index is 14.3. The number of nitrogens with zero attached hydrogens (tertiary/aromatic N) is 4. The molecule has 0 aliphatic carbocycles.